The molecule has 0 N–H and O–H groups in total. The van der Waals surface area contributed by atoms with E-state index in [1.807, 2.05) is 11.0 Å². The second-order valence-electron chi connectivity index (χ2n) is 3.65. The van der Waals surface area contributed by atoms with Gasteiger partial charge in [0.25, 0.3) is 5.91 Å². The Balaban J connectivity index is 2.77. The minimum absolute atomic E-state index is 0.0243. The molecule has 0 aliphatic carbocycles. The van der Waals surface area contributed by atoms with Crippen molar-refractivity contribution in [2.75, 3.05) is 13.1 Å². The van der Waals surface area contributed by atoms with E-state index in [2.05, 4.69) is 34.8 Å². The van der Waals surface area contributed by atoms with E-state index in [9.17, 15) is 4.79 Å². The molecule has 1 aromatic heterocycles. The molecule has 1 heterocycles. The van der Waals surface area contributed by atoms with Crippen molar-refractivity contribution in [2.24, 2.45) is 0 Å². The van der Waals surface area contributed by atoms with Gasteiger partial charge in [0, 0.05) is 23.8 Å². The second-order valence-corrected chi connectivity index (χ2v) is 4.57. The van der Waals surface area contributed by atoms with Gasteiger partial charge < -0.3 is 4.90 Å². The monoisotopic (exact) mass is 284 g/mol. The van der Waals surface area contributed by atoms with Gasteiger partial charge >= 0.3 is 0 Å². The van der Waals surface area contributed by atoms with Crippen molar-refractivity contribution in [3.05, 3.63) is 28.5 Å². The van der Waals surface area contributed by atoms with Crippen LogP contribution in [0.1, 0.15) is 37.2 Å². The number of halogens is 1. The summed E-state index contributed by atoms with van der Waals surface area (Å²) in [6, 6.07) is 3.60. The van der Waals surface area contributed by atoms with Crippen molar-refractivity contribution >= 4 is 21.8 Å². The number of amides is 1. The van der Waals surface area contributed by atoms with Gasteiger partial charge in [-0.2, -0.15) is 0 Å². The summed E-state index contributed by atoms with van der Waals surface area (Å²) in [5, 5.41) is 0. The van der Waals surface area contributed by atoms with Crippen molar-refractivity contribution in [2.45, 2.75) is 26.7 Å². The Morgan fingerprint density at radius 1 is 1.31 bits per heavy atom. The molecule has 0 unspecified atom stereocenters. The molecule has 3 nitrogen and oxygen atoms in total. The highest BCUT2D eigenvalue weighted by Crippen LogP contribution is 2.09. The lowest BCUT2D eigenvalue weighted by molar-refractivity contribution is 0.0749. The van der Waals surface area contributed by atoms with Crippen LogP contribution in [-0.2, 0) is 0 Å². The fourth-order valence-electron chi connectivity index (χ4n) is 1.52. The molecule has 0 saturated carbocycles. The number of pyridine rings is 1. The topological polar surface area (TPSA) is 33.2 Å². The van der Waals surface area contributed by atoms with E-state index in [0.29, 0.717) is 5.69 Å². The van der Waals surface area contributed by atoms with Crippen LogP contribution in [0.25, 0.3) is 0 Å². The maximum atomic E-state index is 12.1. The van der Waals surface area contributed by atoms with Crippen molar-refractivity contribution in [1.29, 1.82) is 0 Å². The first-order chi connectivity index (χ1) is 7.69. The summed E-state index contributed by atoms with van der Waals surface area (Å²) in [5.41, 5.74) is 0.519. The molecule has 1 rings (SSSR count). The highest BCUT2D eigenvalue weighted by Gasteiger charge is 2.14. The zero-order valence-electron chi connectivity index (χ0n) is 9.74. The van der Waals surface area contributed by atoms with Gasteiger partial charge in [-0.1, -0.05) is 13.8 Å². The Kier molecular flexibility index (Phi) is 5.46. The van der Waals surface area contributed by atoms with Crippen molar-refractivity contribution in [3.8, 4) is 0 Å². The molecule has 0 fully saturated rings. The van der Waals surface area contributed by atoms with Crippen molar-refractivity contribution in [3.63, 3.8) is 0 Å². The third-order valence-corrected chi connectivity index (χ3v) is 2.69. The van der Waals surface area contributed by atoms with Crippen molar-refractivity contribution in [1.82, 2.24) is 9.88 Å². The Bertz CT molecular complexity index is 331. The maximum Gasteiger partial charge on any atom is 0.272 e. The second kappa shape index (κ2) is 6.63. The van der Waals surface area contributed by atoms with E-state index in [1.165, 1.54) is 0 Å². The first-order valence-corrected chi connectivity index (χ1v) is 6.39. The minimum atomic E-state index is 0.0243. The van der Waals surface area contributed by atoms with E-state index in [1.54, 1.807) is 12.3 Å². The molecule has 1 amide bonds. The van der Waals surface area contributed by atoms with E-state index in [-0.39, 0.29) is 5.91 Å². The van der Waals surface area contributed by atoms with Gasteiger partial charge in [-0.15, -0.1) is 0 Å². The number of rotatable bonds is 5. The molecular formula is C12H17BrN2O. The van der Waals surface area contributed by atoms with Crippen LogP contribution in [0.3, 0.4) is 0 Å². The molecule has 0 radical (unpaired) electrons. The lowest BCUT2D eigenvalue weighted by Gasteiger charge is -2.20. The van der Waals surface area contributed by atoms with Gasteiger partial charge in [-0.05, 0) is 40.9 Å². The summed E-state index contributed by atoms with van der Waals surface area (Å²) in [7, 11) is 0. The number of hydrogen-bond donors (Lipinski definition) is 0. The number of hydrogen-bond acceptors (Lipinski definition) is 2. The molecule has 0 spiro atoms. The van der Waals surface area contributed by atoms with Crippen LogP contribution in [0.2, 0.25) is 0 Å². The highest BCUT2D eigenvalue weighted by atomic mass is 79.9. The van der Waals surface area contributed by atoms with E-state index in [0.717, 1.165) is 30.4 Å². The van der Waals surface area contributed by atoms with Gasteiger partial charge in [-0.25, -0.2) is 4.98 Å². The van der Waals surface area contributed by atoms with E-state index >= 15 is 0 Å². The van der Waals surface area contributed by atoms with Gasteiger partial charge in [0.2, 0.25) is 0 Å². The number of carbonyl (C=O) groups is 1. The first-order valence-electron chi connectivity index (χ1n) is 5.59. The summed E-state index contributed by atoms with van der Waals surface area (Å²) in [5.74, 6) is 0.0243. The molecule has 4 heteroatoms. The van der Waals surface area contributed by atoms with Crippen LogP contribution in [0, 0.1) is 0 Å². The maximum absolute atomic E-state index is 12.1. The molecule has 88 valence electrons. The molecule has 0 aliphatic rings. The lowest BCUT2D eigenvalue weighted by atomic mass is 10.3. The first kappa shape index (κ1) is 13.2. The normalized spacial score (nSPS) is 10.2. The zero-order valence-corrected chi connectivity index (χ0v) is 11.3. The molecule has 0 aliphatic heterocycles. The average Bonchev–Trinajstić information content (AvgIpc) is 2.29. The number of aromatic nitrogens is 1. The van der Waals surface area contributed by atoms with Crippen LogP contribution in [0.5, 0.6) is 0 Å². The summed E-state index contributed by atoms with van der Waals surface area (Å²) in [4.78, 5) is 18.1. The molecular weight excluding hydrogens is 268 g/mol. The Labute approximate surface area is 105 Å². The third kappa shape index (κ3) is 3.59. The average molecular weight is 285 g/mol. The summed E-state index contributed by atoms with van der Waals surface area (Å²) < 4.78 is 0.890. The van der Waals surface area contributed by atoms with Crippen LogP contribution >= 0.6 is 15.9 Å². The molecule has 0 atom stereocenters. The molecule has 0 saturated heterocycles. The molecule has 1 aromatic rings. The SMILES string of the molecule is CCCN(CCC)C(=O)c1ccc(Br)cn1. The third-order valence-electron chi connectivity index (χ3n) is 2.22. The molecule has 0 bridgehead atoms. The minimum Gasteiger partial charge on any atom is -0.337 e. The van der Waals surface area contributed by atoms with Crippen molar-refractivity contribution < 1.29 is 4.79 Å². The van der Waals surface area contributed by atoms with Gasteiger partial charge in [0.15, 0.2) is 0 Å². The summed E-state index contributed by atoms with van der Waals surface area (Å²) >= 11 is 3.31. The fraction of sp³-hybridized carbons (Fsp3) is 0.500. The summed E-state index contributed by atoms with van der Waals surface area (Å²) in [6.45, 7) is 5.74. The predicted molar refractivity (Wildman–Crippen MR) is 68.4 cm³/mol. The Hall–Kier alpha value is -0.900. The van der Waals surface area contributed by atoms with Gasteiger partial charge in [0.05, 0.1) is 0 Å². The smallest absolute Gasteiger partial charge is 0.272 e. The standard InChI is InChI=1S/C12H17BrN2O/c1-3-7-15(8-4-2)12(16)11-6-5-10(13)9-14-11/h5-6,9H,3-4,7-8H2,1-2H3. The molecule has 0 aromatic carbocycles. The van der Waals surface area contributed by atoms with Crippen LogP contribution in [-0.4, -0.2) is 28.9 Å². The Morgan fingerprint density at radius 3 is 2.38 bits per heavy atom. The predicted octanol–water partition coefficient (Wildman–Crippen LogP) is 3.11. The van der Waals surface area contributed by atoms with E-state index in [4.69, 9.17) is 0 Å². The largest absolute Gasteiger partial charge is 0.337 e. The Morgan fingerprint density at radius 2 is 1.94 bits per heavy atom. The lowest BCUT2D eigenvalue weighted by Crippen LogP contribution is -2.33. The summed E-state index contributed by atoms with van der Waals surface area (Å²) in [6.07, 6.45) is 3.61. The van der Waals surface area contributed by atoms with Gasteiger partial charge in [0.1, 0.15) is 5.69 Å². The highest BCUT2D eigenvalue weighted by molar-refractivity contribution is 9.10. The van der Waals surface area contributed by atoms with Crippen LogP contribution in [0.4, 0.5) is 0 Å². The number of carbonyl (C=O) groups excluding carboxylic acids is 1. The quantitative estimate of drug-likeness (QED) is 0.832. The fourth-order valence-corrected chi connectivity index (χ4v) is 1.75. The van der Waals surface area contributed by atoms with Crippen LogP contribution < -0.4 is 0 Å². The molecule has 16 heavy (non-hydrogen) atoms. The van der Waals surface area contributed by atoms with Gasteiger partial charge in [-0.3, -0.25) is 4.79 Å². The number of nitrogens with zero attached hydrogens (tertiary/aromatic N) is 2. The zero-order chi connectivity index (χ0) is 12.0. The van der Waals surface area contributed by atoms with Crippen LogP contribution in [0.15, 0.2) is 22.8 Å². The van der Waals surface area contributed by atoms with E-state index < -0.39 is 0 Å².